The van der Waals surface area contributed by atoms with E-state index in [1.807, 2.05) is 59.2 Å². The first kappa shape index (κ1) is 45.4. The number of hydrogen-bond donors (Lipinski definition) is 4. The summed E-state index contributed by atoms with van der Waals surface area (Å²) in [6.45, 7) is -0.768. The number of amides is 4. The summed E-state index contributed by atoms with van der Waals surface area (Å²) >= 11 is 0. The van der Waals surface area contributed by atoms with Crippen LogP contribution in [-0.4, -0.2) is 93.2 Å². The van der Waals surface area contributed by atoms with Gasteiger partial charge in [-0.05, 0) is 27.8 Å². The molecule has 20 heteroatoms. The minimum Gasteiger partial charge on any atom is -0.748 e. The van der Waals surface area contributed by atoms with Crippen LogP contribution in [0.5, 0.6) is 0 Å². The van der Waals surface area contributed by atoms with Crippen molar-refractivity contribution in [2.24, 2.45) is 0 Å². The van der Waals surface area contributed by atoms with Gasteiger partial charge in [-0.2, -0.15) is 0 Å². The van der Waals surface area contributed by atoms with Crippen molar-refractivity contribution in [1.29, 1.82) is 0 Å². The zero-order chi connectivity index (χ0) is 35.6. The third-order valence-corrected chi connectivity index (χ3v) is 8.72. The maximum Gasteiger partial charge on any atom is 1.00 e. The molecule has 4 rings (SSSR count). The van der Waals surface area contributed by atoms with Crippen molar-refractivity contribution < 1.29 is 157 Å². The molecule has 51 heavy (non-hydrogen) atoms. The van der Waals surface area contributed by atoms with Gasteiger partial charge in [0.1, 0.15) is 25.3 Å². The van der Waals surface area contributed by atoms with E-state index in [1.165, 1.54) is 0 Å². The summed E-state index contributed by atoms with van der Waals surface area (Å²) in [4.78, 5) is 50.4. The molecule has 0 unspecified atom stereocenters. The van der Waals surface area contributed by atoms with Crippen LogP contribution in [0.4, 0.5) is 9.59 Å². The number of rotatable bonds is 15. The number of hydrogen-bond acceptors (Lipinski definition) is 12. The van der Waals surface area contributed by atoms with Crippen LogP contribution >= 0.6 is 0 Å². The van der Waals surface area contributed by atoms with E-state index in [9.17, 15) is 45.1 Å². The Balaban J connectivity index is 0.00000451. The molecule has 0 bridgehead atoms. The van der Waals surface area contributed by atoms with Gasteiger partial charge in [-0.1, -0.05) is 78.9 Å². The molecule has 0 saturated carbocycles. The Hall–Kier alpha value is -1.77. The summed E-state index contributed by atoms with van der Waals surface area (Å²) in [5, 5.41) is 8.42. The number of carbonyl (C=O) groups is 4. The molecule has 0 spiro atoms. The van der Waals surface area contributed by atoms with Gasteiger partial charge in [0.05, 0.1) is 31.7 Å². The van der Waals surface area contributed by atoms with Crippen molar-refractivity contribution in [2.75, 3.05) is 31.2 Å². The predicted molar refractivity (Wildman–Crippen MR) is 171 cm³/mol. The molecule has 262 valence electrons. The molecule has 3 aromatic rings. The molecule has 4 amide bonds. The largest absolute Gasteiger partial charge is 1.00 e. The number of ether oxygens (including phenoxy) is 2. The first-order valence-electron chi connectivity index (χ1n) is 14.7. The van der Waals surface area contributed by atoms with Gasteiger partial charge < -0.3 is 39.8 Å². The minimum atomic E-state index is -5.18. The van der Waals surface area contributed by atoms with Crippen LogP contribution in [0.1, 0.15) is 22.6 Å². The van der Waals surface area contributed by atoms with Crippen LogP contribution in [-0.2, 0) is 45.9 Å². The van der Waals surface area contributed by atoms with Crippen LogP contribution in [0.15, 0.2) is 78.9 Å². The van der Waals surface area contributed by atoms with Crippen LogP contribution in [0.25, 0.3) is 11.1 Å². The molecule has 0 aromatic heterocycles. The molecule has 16 nitrogen and oxygen atoms in total. The van der Waals surface area contributed by atoms with Crippen molar-refractivity contribution in [3.63, 3.8) is 0 Å². The van der Waals surface area contributed by atoms with E-state index in [0.29, 0.717) is 0 Å². The molecule has 4 N–H and O–H groups in total. The van der Waals surface area contributed by atoms with Gasteiger partial charge in [0.2, 0.25) is 11.8 Å². The Kier molecular flexibility index (Phi) is 18.9. The Morgan fingerprint density at radius 3 is 1.67 bits per heavy atom. The van der Waals surface area contributed by atoms with E-state index < -0.39 is 73.7 Å². The monoisotopic (exact) mass is 794 g/mol. The average molecular weight is 795 g/mol. The number of fused-ring (bicyclic) bond motifs is 3. The van der Waals surface area contributed by atoms with Gasteiger partial charge in [-0.25, -0.2) is 26.4 Å². The summed E-state index contributed by atoms with van der Waals surface area (Å²) < 4.78 is 79.6. The van der Waals surface area contributed by atoms with Crippen molar-refractivity contribution in [2.45, 2.75) is 24.6 Å². The summed E-state index contributed by atoms with van der Waals surface area (Å²) in [5.74, 6) is -6.00. The van der Waals surface area contributed by atoms with E-state index in [0.717, 1.165) is 27.8 Å². The standard InChI is InChI=1S/C31H34N4O12S2.2K/c36-28(32-14-15-33-30(38)46-16-20-8-2-1-3-9-20)26(18-48(40,41)42)34-29(37)27(19-49(43,44)45)35-31(39)47-17-25-23-12-6-4-10-21(23)22-11-5-7-13-24(22)25;;/h1-13,25-27H,14-19H2,(H,32,36)(H,33,38)(H,34,37)(H,35,39)(H,40,41,42)(H,43,44,45);;/q;2*+1/p-2/t26-,27-;;/m0../s1. The van der Waals surface area contributed by atoms with E-state index in [2.05, 4.69) is 10.6 Å². The fourth-order valence-corrected chi connectivity index (χ4v) is 6.36. The molecule has 0 radical (unpaired) electrons. The summed E-state index contributed by atoms with van der Waals surface area (Å²) in [6.07, 6.45) is -2.11. The van der Waals surface area contributed by atoms with E-state index in [-0.39, 0.29) is 129 Å². The van der Waals surface area contributed by atoms with Gasteiger partial charge in [0, 0.05) is 19.0 Å². The van der Waals surface area contributed by atoms with Crippen LogP contribution in [0.3, 0.4) is 0 Å². The van der Waals surface area contributed by atoms with Gasteiger partial charge in [0.15, 0.2) is 0 Å². The first-order chi connectivity index (χ1) is 23.2. The van der Waals surface area contributed by atoms with Gasteiger partial charge in [0.25, 0.3) is 0 Å². The molecular formula is C31H32K2N4O12S2. The number of benzene rings is 3. The summed E-state index contributed by atoms with van der Waals surface area (Å²) in [5.41, 5.74) is 4.30. The zero-order valence-corrected chi connectivity index (χ0v) is 35.6. The molecule has 0 heterocycles. The maximum atomic E-state index is 13.0. The number of nitrogens with one attached hydrogen (secondary N) is 4. The fourth-order valence-electron chi connectivity index (χ4n) is 5.08. The molecular weight excluding hydrogens is 763 g/mol. The fraction of sp³-hybridized carbons (Fsp3) is 0.290. The second-order valence-electron chi connectivity index (χ2n) is 10.8. The summed E-state index contributed by atoms with van der Waals surface area (Å²) in [6, 6.07) is 19.4. The summed E-state index contributed by atoms with van der Waals surface area (Å²) in [7, 11) is -10.3. The molecule has 3 aromatic carbocycles. The smallest absolute Gasteiger partial charge is 0.748 e. The van der Waals surface area contributed by atoms with E-state index >= 15 is 0 Å². The van der Waals surface area contributed by atoms with Crippen LogP contribution in [0.2, 0.25) is 0 Å². The Morgan fingerprint density at radius 1 is 0.627 bits per heavy atom. The third kappa shape index (κ3) is 14.9. The second kappa shape index (κ2) is 21.2. The Morgan fingerprint density at radius 2 is 1.12 bits per heavy atom. The minimum absolute atomic E-state index is 0. The van der Waals surface area contributed by atoms with Crippen molar-refractivity contribution in [3.05, 3.63) is 95.6 Å². The molecule has 2 atom stereocenters. The zero-order valence-electron chi connectivity index (χ0n) is 27.7. The van der Waals surface area contributed by atoms with E-state index in [4.69, 9.17) is 9.47 Å². The SMILES string of the molecule is O=C(NCCNC(=O)[C@H](CS(=O)(=O)[O-])NC(=O)[C@H](CS(=O)(=O)[O-])NC(=O)OCC1c2ccccc2-c2ccccc21)OCc1ccccc1.[K+].[K+]. The van der Waals surface area contributed by atoms with Crippen LogP contribution < -0.4 is 124 Å². The third-order valence-electron chi connectivity index (χ3n) is 7.23. The first-order valence-corrected chi connectivity index (χ1v) is 17.9. The number of carbonyl (C=O) groups excluding carboxylic acids is 4. The molecule has 0 fully saturated rings. The molecule has 0 aliphatic heterocycles. The predicted octanol–water partition coefficient (Wildman–Crippen LogP) is -5.48. The molecule has 0 saturated heterocycles. The second-order valence-corrected chi connectivity index (χ2v) is 13.7. The normalized spacial score (nSPS) is 13.1. The number of alkyl carbamates (subject to hydrolysis) is 2. The van der Waals surface area contributed by atoms with Gasteiger partial charge in [-0.15, -0.1) is 0 Å². The van der Waals surface area contributed by atoms with E-state index in [1.54, 1.807) is 30.3 Å². The average Bonchev–Trinajstić information content (AvgIpc) is 3.36. The van der Waals surface area contributed by atoms with Crippen LogP contribution in [0, 0.1) is 0 Å². The molecule has 1 aliphatic carbocycles. The van der Waals surface area contributed by atoms with Crippen molar-refractivity contribution >= 4 is 44.2 Å². The Bertz CT molecular complexity index is 1860. The van der Waals surface area contributed by atoms with Crippen molar-refractivity contribution in [1.82, 2.24) is 21.3 Å². The molecule has 1 aliphatic rings. The Labute approximate surface area is 379 Å². The quantitative estimate of drug-likeness (QED) is 0.0640. The van der Waals surface area contributed by atoms with Gasteiger partial charge in [-0.3, -0.25) is 9.59 Å². The van der Waals surface area contributed by atoms with Crippen molar-refractivity contribution in [3.8, 4) is 11.1 Å². The topological polar surface area (TPSA) is 249 Å². The maximum absolute atomic E-state index is 13.0. The van der Waals surface area contributed by atoms with Gasteiger partial charge >= 0.3 is 115 Å².